The van der Waals surface area contributed by atoms with Crippen LogP contribution in [0.25, 0.3) is 0 Å². The van der Waals surface area contributed by atoms with Crippen molar-refractivity contribution >= 4 is 17.7 Å². The van der Waals surface area contributed by atoms with Crippen LogP contribution < -0.4 is 5.73 Å². The van der Waals surface area contributed by atoms with Crippen LogP contribution in [0.2, 0.25) is 0 Å². The fourth-order valence-corrected chi connectivity index (χ4v) is 1.74. The molecule has 1 amide bonds. The Bertz CT molecular complexity index is 330. The maximum atomic E-state index is 13.1. The SMILES string of the molecule is CC(SCc1ccccc1F)C(N)=O. The van der Waals surface area contributed by atoms with Gasteiger partial charge in [-0.1, -0.05) is 18.2 Å². The standard InChI is InChI=1S/C10H12FNOS/c1-7(10(12)13)14-6-8-4-2-3-5-9(8)11/h2-5,7H,6H2,1H3,(H2,12,13). The highest BCUT2D eigenvalue weighted by Gasteiger charge is 2.10. The lowest BCUT2D eigenvalue weighted by molar-refractivity contribution is -0.117. The number of primary amides is 1. The first kappa shape index (κ1) is 11.0. The zero-order valence-corrected chi connectivity index (χ0v) is 8.68. The van der Waals surface area contributed by atoms with Gasteiger partial charge in [0.1, 0.15) is 5.82 Å². The predicted octanol–water partition coefficient (Wildman–Crippen LogP) is 1.93. The van der Waals surface area contributed by atoms with Crippen molar-refractivity contribution in [2.45, 2.75) is 17.9 Å². The van der Waals surface area contributed by atoms with E-state index < -0.39 is 0 Å². The Morgan fingerprint density at radius 2 is 2.21 bits per heavy atom. The van der Waals surface area contributed by atoms with Gasteiger partial charge in [0.15, 0.2) is 0 Å². The molecule has 1 aromatic rings. The number of hydrogen-bond donors (Lipinski definition) is 1. The maximum Gasteiger partial charge on any atom is 0.230 e. The van der Waals surface area contributed by atoms with Crippen LogP contribution in [-0.2, 0) is 10.5 Å². The van der Waals surface area contributed by atoms with Crippen molar-refractivity contribution in [2.24, 2.45) is 5.73 Å². The molecule has 76 valence electrons. The van der Waals surface area contributed by atoms with Gasteiger partial charge in [-0.25, -0.2) is 4.39 Å². The molecule has 2 nitrogen and oxygen atoms in total. The molecule has 0 aliphatic heterocycles. The third kappa shape index (κ3) is 3.03. The molecule has 0 spiro atoms. The fourth-order valence-electron chi connectivity index (χ4n) is 0.912. The molecule has 4 heteroatoms. The van der Waals surface area contributed by atoms with E-state index in [1.54, 1.807) is 25.1 Å². The van der Waals surface area contributed by atoms with E-state index >= 15 is 0 Å². The van der Waals surface area contributed by atoms with Crippen molar-refractivity contribution in [2.75, 3.05) is 0 Å². The van der Waals surface area contributed by atoms with Crippen LogP contribution >= 0.6 is 11.8 Å². The number of hydrogen-bond acceptors (Lipinski definition) is 2. The summed E-state index contributed by atoms with van der Waals surface area (Å²) in [5.41, 5.74) is 5.69. The molecule has 2 N–H and O–H groups in total. The molecule has 0 bridgehead atoms. The number of thioether (sulfide) groups is 1. The lowest BCUT2D eigenvalue weighted by atomic mass is 10.2. The van der Waals surface area contributed by atoms with Gasteiger partial charge in [0.2, 0.25) is 5.91 Å². The quantitative estimate of drug-likeness (QED) is 0.830. The number of halogens is 1. The highest BCUT2D eigenvalue weighted by molar-refractivity contribution is 7.99. The van der Waals surface area contributed by atoms with E-state index in [0.29, 0.717) is 11.3 Å². The van der Waals surface area contributed by atoms with Gasteiger partial charge in [-0.15, -0.1) is 11.8 Å². The van der Waals surface area contributed by atoms with Crippen LogP contribution in [0, 0.1) is 5.82 Å². The topological polar surface area (TPSA) is 43.1 Å². The van der Waals surface area contributed by atoms with Crippen molar-refractivity contribution in [3.63, 3.8) is 0 Å². The molecule has 1 unspecified atom stereocenters. The fraction of sp³-hybridized carbons (Fsp3) is 0.300. The Labute approximate surface area is 86.7 Å². The smallest absolute Gasteiger partial charge is 0.230 e. The van der Waals surface area contributed by atoms with E-state index in [2.05, 4.69) is 0 Å². The van der Waals surface area contributed by atoms with Crippen LogP contribution in [0.1, 0.15) is 12.5 Å². The summed E-state index contributed by atoms with van der Waals surface area (Å²) in [5, 5.41) is -0.283. The summed E-state index contributed by atoms with van der Waals surface area (Å²) in [7, 11) is 0. The van der Waals surface area contributed by atoms with Gasteiger partial charge in [0.05, 0.1) is 5.25 Å². The zero-order valence-electron chi connectivity index (χ0n) is 7.87. The van der Waals surface area contributed by atoms with E-state index in [4.69, 9.17) is 5.73 Å². The third-order valence-electron chi connectivity index (χ3n) is 1.85. The minimum atomic E-state index is -0.369. The van der Waals surface area contributed by atoms with Crippen molar-refractivity contribution in [1.82, 2.24) is 0 Å². The molecule has 0 radical (unpaired) electrons. The van der Waals surface area contributed by atoms with Gasteiger partial charge < -0.3 is 5.73 Å². The Morgan fingerprint density at radius 3 is 2.79 bits per heavy atom. The second-order valence-electron chi connectivity index (χ2n) is 2.95. The van der Waals surface area contributed by atoms with Crippen molar-refractivity contribution in [3.8, 4) is 0 Å². The molecule has 1 rings (SSSR count). The van der Waals surface area contributed by atoms with E-state index in [1.165, 1.54) is 17.8 Å². The van der Waals surface area contributed by atoms with E-state index in [0.717, 1.165) is 0 Å². The zero-order chi connectivity index (χ0) is 10.6. The molecule has 1 aromatic carbocycles. The Kier molecular flexibility index (Phi) is 3.95. The summed E-state index contributed by atoms with van der Waals surface area (Å²) in [6.45, 7) is 1.72. The molecule has 0 heterocycles. The highest BCUT2D eigenvalue weighted by Crippen LogP contribution is 2.19. The summed E-state index contributed by atoms with van der Waals surface area (Å²) in [6, 6.07) is 6.52. The van der Waals surface area contributed by atoms with Crippen LogP contribution in [0.4, 0.5) is 4.39 Å². The molecule has 1 atom stereocenters. The average molecular weight is 213 g/mol. The lowest BCUT2D eigenvalue weighted by Crippen LogP contribution is -2.22. The molecule has 0 saturated carbocycles. The first-order valence-corrected chi connectivity index (χ1v) is 5.30. The van der Waals surface area contributed by atoms with Gasteiger partial charge in [-0.05, 0) is 18.6 Å². The Balaban J connectivity index is 2.54. The summed E-state index contributed by atoms with van der Waals surface area (Å²) in [4.78, 5) is 10.7. The normalized spacial score (nSPS) is 12.4. The van der Waals surface area contributed by atoms with E-state index in [9.17, 15) is 9.18 Å². The number of amides is 1. The number of benzene rings is 1. The maximum absolute atomic E-state index is 13.1. The molecular weight excluding hydrogens is 201 g/mol. The minimum absolute atomic E-state index is 0.239. The van der Waals surface area contributed by atoms with Crippen molar-refractivity contribution in [3.05, 3.63) is 35.6 Å². The van der Waals surface area contributed by atoms with Crippen LogP contribution in [-0.4, -0.2) is 11.2 Å². The summed E-state index contributed by atoms with van der Waals surface area (Å²) >= 11 is 1.34. The molecular formula is C10H12FNOS. The molecule has 0 fully saturated rings. The van der Waals surface area contributed by atoms with Gasteiger partial charge in [0, 0.05) is 5.75 Å². The number of carbonyl (C=O) groups is 1. The van der Waals surface area contributed by atoms with Gasteiger partial charge in [-0.3, -0.25) is 4.79 Å². The molecule has 0 aliphatic rings. The second kappa shape index (κ2) is 5.00. The Morgan fingerprint density at radius 1 is 1.57 bits per heavy atom. The summed E-state index contributed by atoms with van der Waals surface area (Å²) < 4.78 is 13.1. The van der Waals surface area contributed by atoms with Crippen LogP contribution in [0.3, 0.4) is 0 Å². The predicted molar refractivity (Wildman–Crippen MR) is 56.4 cm³/mol. The van der Waals surface area contributed by atoms with E-state index in [-0.39, 0.29) is 17.0 Å². The summed E-state index contributed by atoms with van der Waals surface area (Å²) in [5.74, 6) is -0.139. The average Bonchev–Trinajstić information content (AvgIpc) is 2.16. The largest absolute Gasteiger partial charge is 0.369 e. The highest BCUT2D eigenvalue weighted by atomic mass is 32.2. The lowest BCUT2D eigenvalue weighted by Gasteiger charge is -2.07. The monoisotopic (exact) mass is 213 g/mol. The second-order valence-corrected chi connectivity index (χ2v) is 4.28. The molecule has 0 saturated heterocycles. The van der Waals surface area contributed by atoms with Crippen LogP contribution in [0.5, 0.6) is 0 Å². The van der Waals surface area contributed by atoms with Crippen molar-refractivity contribution < 1.29 is 9.18 Å². The Hall–Kier alpha value is -1.03. The summed E-state index contributed by atoms with van der Waals surface area (Å²) in [6.07, 6.45) is 0. The number of nitrogens with two attached hydrogens (primary N) is 1. The van der Waals surface area contributed by atoms with Gasteiger partial charge in [0.25, 0.3) is 0 Å². The minimum Gasteiger partial charge on any atom is -0.369 e. The molecule has 0 aliphatic carbocycles. The third-order valence-corrected chi connectivity index (χ3v) is 3.06. The molecule has 14 heavy (non-hydrogen) atoms. The van der Waals surface area contributed by atoms with Gasteiger partial charge >= 0.3 is 0 Å². The number of rotatable bonds is 4. The van der Waals surface area contributed by atoms with E-state index in [1.807, 2.05) is 0 Å². The van der Waals surface area contributed by atoms with Crippen LogP contribution in [0.15, 0.2) is 24.3 Å². The first-order chi connectivity index (χ1) is 6.61. The first-order valence-electron chi connectivity index (χ1n) is 4.25. The number of carbonyl (C=O) groups excluding carboxylic acids is 1. The molecule has 0 aromatic heterocycles. The van der Waals surface area contributed by atoms with Gasteiger partial charge in [-0.2, -0.15) is 0 Å². The van der Waals surface area contributed by atoms with Crippen molar-refractivity contribution in [1.29, 1.82) is 0 Å².